The summed E-state index contributed by atoms with van der Waals surface area (Å²) in [6.45, 7) is 0.499. The maximum absolute atomic E-state index is 6.16. The summed E-state index contributed by atoms with van der Waals surface area (Å²) in [5.74, 6) is 1.26. The fourth-order valence-corrected chi connectivity index (χ4v) is 4.14. The van der Waals surface area contributed by atoms with Gasteiger partial charge in [-0.1, -0.05) is 18.6 Å². The van der Waals surface area contributed by atoms with Crippen molar-refractivity contribution in [3.05, 3.63) is 48.3 Å². The van der Waals surface area contributed by atoms with E-state index in [0.29, 0.717) is 18.4 Å². The molecule has 6 heteroatoms. The van der Waals surface area contributed by atoms with Gasteiger partial charge in [0.05, 0.1) is 6.20 Å². The second kappa shape index (κ2) is 7.28. The number of nitrogens with two attached hydrogens (primary N) is 1. The molecule has 1 aliphatic heterocycles. The zero-order chi connectivity index (χ0) is 18.9. The Bertz CT molecular complexity index is 971. The van der Waals surface area contributed by atoms with E-state index >= 15 is 0 Å². The van der Waals surface area contributed by atoms with Crippen LogP contribution in [0.25, 0.3) is 22.3 Å². The molecule has 3 heterocycles. The first-order chi connectivity index (χ1) is 13.8. The van der Waals surface area contributed by atoms with Crippen LogP contribution in [0.3, 0.4) is 0 Å². The van der Waals surface area contributed by atoms with Gasteiger partial charge in [-0.15, -0.1) is 0 Å². The first-order valence-electron chi connectivity index (χ1n) is 9.95. The molecule has 1 aliphatic carbocycles. The Hall–Kier alpha value is -2.86. The number of rotatable bonds is 3. The summed E-state index contributed by atoms with van der Waals surface area (Å²) in [4.78, 5) is 4.63. The van der Waals surface area contributed by atoms with E-state index in [4.69, 9.17) is 15.2 Å². The van der Waals surface area contributed by atoms with Crippen LogP contribution in [0.4, 0.5) is 0 Å². The van der Waals surface area contributed by atoms with Gasteiger partial charge >= 0.3 is 0 Å². The van der Waals surface area contributed by atoms with Crippen molar-refractivity contribution < 1.29 is 9.47 Å². The average molecular weight is 376 g/mol. The van der Waals surface area contributed by atoms with Gasteiger partial charge in [-0.2, -0.15) is 10.1 Å². The second-order valence-corrected chi connectivity index (χ2v) is 7.67. The molecule has 0 bridgehead atoms. The molecule has 1 saturated carbocycles. The number of nitrogens with one attached hydrogen (secondary N) is 1. The van der Waals surface area contributed by atoms with Crippen LogP contribution < -0.4 is 15.2 Å². The Morgan fingerprint density at radius 2 is 1.96 bits per heavy atom. The van der Waals surface area contributed by atoms with Gasteiger partial charge in [0.25, 0.3) is 0 Å². The maximum atomic E-state index is 6.16. The van der Waals surface area contributed by atoms with E-state index in [1.54, 1.807) is 0 Å². The van der Waals surface area contributed by atoms with Crippen LogP contribution in [0.5, 0.6) is 11.8 Å². The zero-order valence-electron chi connectivity index (χ0n) is 15.7. The summed E-state index contributed by atoms with van der Waals surface area (Å²) in [6, 6.07) is 10.6. The minimum Gasteiger partial charge on any atom is -0.474 e. The molecular formula is C22H24N4O2. The summed E-state index contributed by atoms with van der Waals surface area (Å²) in [5, 5.41) is 6.88. The third-order valence-electron chi connectivity index (χ3n) is 5.63. The molecule has 6 nitrogen and oxygen atoms in total. The van der Waals surface area contributed by atoms with Crippen LogP contribution in [0, 0.1) is 0 Å². The first-order valence-corrected chi connectivity index (χ1v) is 9.95. The van der Waals surface area contributed by atoms with Crippen molar-refractivity contribution in [2.24, 2.45) is 5.73 Å². The second-order valence-electron chi connectivity index (χ2n) is 7.67. The lowest BCUT2D eigenvalue weighted by Crippen LogP contribution is -2.27. The Morgan fingerprint density at radius 1 is 1.07 bits per heavy atom. The van der Waals surface area contributed by atoms with Gasteiger partial charge in [0.1, 0.15) is 12.7 Å². The summed E-state index contributed by atoms with van der Waals surface area (Å²) in [6.07, 6.45) is 9.19. The van der Waals surface area contributed by atoms with Gasteiger partial charge in [-0.25, -0.2) is 0 Å². The third-order valence-corrected chi connectivity index (χ3v) is 5.63. The molecule has 0 saturated heterocycles. The van der Waals surface area contributed by atoms with Crippen LogP contribution >= 0.6 is 0 Å². The Balaban J connectivity index is 1.39. The minimum atomic E-state index is 0.136. The highest BCUT2D eigenvalue weighted by atomic mass is 16.5. The SMILES string of the molecule is NC1CCCC[C@H](Oc2ccc3c(n2)OCc2cc(-c4cn[nH]c4)ccc2-3)C1. The van der Waals surface area contributed by atoms with Crippen LogP contribution in [-0.2, 0) is 6.61 Å². The lowest BCUT2D eigenvalue weighted by Gasteiger charge is -2.23. The number of aromatic amines is 1. The van der Waals surface area contributed by atoms with Crippen LogP contribution in [-0.4, -0.2) is 27.3 Å². The van der Waals surface area contributed by atoms with Crippen LogP contribution in [0.15, 0.2) is 42.7 Å². The predicted octanol–water partition coefficient (Wildman–Crippen LogP) is 4.07. The quantitative estimate of drug-likeness (QED) is 0.673. The first kappa shape index (κ1) is 17.3. The summed E-state index contributed by atoms with van der Waals surface area (Å²) >= 11 is 0. The van der Waals surface area contributed by atoms with E-state index in [-0.39, 0.29) is 12.1 Å². The smallest absolute Gasteiger partial charge is 0.225 e. The van der Waals surface area contributed by atoms with Gasteiger partial charge in [0.15, 0.2) is 0 Å². The topological polar surface area (TPSA) is 86.1 Å². The lowest BCUT2D eigenvalue weighted by atomic mass is 9.95. The lowest BCUT2D eigenvalue weighted by molar-refractivity contribution is 0.168. The van der Waals surface area contributed by atoms with Crippen molar-refractivity contribution in [2.75, 3.05) is 0 Å². The molecule has 0 radical (unpaired) electrons. The number of hydrogen-bond acceptors (Lipinski definition) is 5. The number of nitrogens with zero attached hydrogens (tertiary/aromatic N) is 2. The zero-order valence-corrected chi connectivity index (χ0v) is 15.7. The van der Waals surface area contributed by atoms with Crippen molar-refractivity contribution in [3.63, 3.8) is 0 Å². The molecule has 2 atom stereocenters. The molecule has 3 aromatic rings. The number of hydrogen-bond donors (Lipinski definition) is 2. The van der Waals surface area contributed by atoms with E-state index < -0.39 is 0 Å². The molecule has 2 aliphatic rings. The molecule has 5 rings (SSSR count). The Morgan fingerprint density at radius 3 is 2.86 bits per heavy atom. The maximum Gasteiger partial charge on any atom is 0.225 e. The summed E-state index contributed by atoms with van der Waals surface area (Å²) in [7, 11) is 0. The number of H-pyrrole nitrogens is 1. The highest BCUT2D eigenvalue weighted by Gasteiger charge is 2.23. The van der Waals surface area contributed by atoms with Crippen molar-refractivity contribution in [1.29, 1.82) is 0 Å². The summed E-state index contributed by atoms with van der Waals surface area (Å²) < 4.78 is 12.1. The van der Waals surface area contributed by atoms with Gasteiger partial charge in [-0.3, -0.25) is 5.10 Å². The Kier molecular flexibility index (Phi) is 4.49. The van der Waals surface area contributed by atoms with Gasteiger partial charge in [0.2, 0.25) is 11.8 Å². The van der Waals surface area contributed by atoms with E-state index in [0.717, 1.165) is 53.5 Å². The van der Waals surface area contributed by atoms with E-state index in [9.17, 15) is 0 Å². The number of aromatic nitrogens is 3. The van der Waals surface area contributed by atoms with Crippen LogP contribution in [0.1, 0.15) is 37.7 Å². The fourth-order valence-electron chi connectivity index (χ4n) is 4.14. The molecule has 1 aromatic carbocycles. The molecule has 2 aromatic heterocycles. The average Bonchev–Trinajstić information content (AvgIpc) is 3.17. The van der Waals surface area contributed by atoms with Crippen LogP contribution in [0.2, 0.25) is 0 Å². The molecule has 1 unspecified atom stereocenters. The van der Waals surface area contributed by atoms with Crippen molar-refractivity contribution in [3.8, 4) is 34.0 Å². The summed E-state index contributed by atoms with van der Waals surface area (Å²) in [5.41, 5.74) is 11.7. The van der Waals surface area contributed by atoms with Gasteiger partial charge in [-0.05, 0) is 54.5 Å². The minimum absolute atomic E-state index is 0.136. The van der Waals surface area contributed by atoms with E-state index in [2.05, 4.69) is 33.4 Å². The third kappa shape index (κ3) is 3.36. The molecule has 3 N–H and O–H groups in total. The van der Waals surface area contributed by atoms with Crippen molar-refractivity contribution in [1.82, 2.24) is 15.2 Å². The van der Waals surface area contributed by atoms with Crippen molar-refractivity contribution >= 4 is 0 Å². The van der Waals surface area contributed by atoms with Crippen molar-refractivity contribution in [2.45, 2.75) is 50.9 Å². The normalized spacial score (nSPS) is 21.2. The number of fused-ring (bicyclic) bond motifs is 3. The number of pyridine rings is 1. The molecule has 0 amide bonds. The largest absolute Gasteiger partial charge is 0.474 e. The highest BCUT2D eigenvalue weighted by molar-refractivity contribution is 5.77. The molecule has 1 fully saturated rings. The molecule has 0 spiro atoms. The predicted molar refractivity (Wildman–Crippen MR) is 107 cm³/mol. The molecular weight excluding hydrogens is 352 g/mol. The fraction of sp³-hybridized carbons (Fsp3) is 0.364. The van der Waals surface area contributed by atoms with E-state index in [1.807, 2.05) is 24.5 Å². The molecule has 144 valence electrons. The Labute approximate surface area is 164 Å². The number of ether oxygens (including phenoxy) is 2. The monoisotopic (exact) mass is 376 g/mol. The molecule has 28 heavy (non-hydrogen) atoms. The van der Waals surface area contributed by atoms with Gasteiger partial charge in [0, 0.05) is 29.4 Å². The van der Waals surface area contributed by atoms with E-state index in [1.165, 1.54) is 6.42 Å². The van der Waals surface area contributed by atoms with Gasteiger partial charge < -0.3 is 15.2 Å². The highest BCUT2D eigenvalue weighted by Crippen LogP contribution is 2.39. The number of benzene rings is 1. The standard InChI is InChI=1S/C22H24N4O2/c23-17-3-1-2-4-18(10-17)28-21-8-7-20-19-6-5-14(16-11-24-25-12-16)9-15(19)13-27-22(20)26-21/h5-9,11-12,17-18H,1-4,10,13,23H2,(H,24,25)/t17?,18-/m0/s1.